The molecule has 1 unspecified atom stereocenters. The zero-order valence-electron chi connectivity index (χ0n) is 10.7. The average Bonchev–Trinajstić information content (AvgIpc) is 2.76. The van der Waals surface area contributed by atoms with Crippen LogP contribution in [-0.2, 0) is 11.3 Å². The molecule has 0 aliphatic carbocycles. The minimum absolute atomic E-state index is 0.487. The lowest BCUT2D eigenvalue weighted by atomic mass is 10.2. The monoisotopic (exact) mass is 273 g/mol. The summed E-state index contributed by atoms with van der Waals surface area (Å²) in [5.74, 6) is -0.817. The van der Waals surface area contributed by atoms with Gasteiger partial charge in [-0.15, -0.1) is 5.10 Å². The van der Waals surface area contributed by atoms with Crippen molar-refractivity contribution in [2.75, 3.05) is 13.1 Å². The second kappa shape index (κ2) is 8.04. The first-order valence-electron chi connectivity index (χ1n) is 6.05. The molecule has 0 radical (unpaired) electrons. The number of aliphatic carboxylic acids is 1. The van der Waals surface area contributed by atoms with Gasteiger partial charge in [-0.25, -0.2) is 4.68 Å². The van der Waals surface area contributed by atoms with Crippen molar-refractivity contribution < 1.29 is 9.90 Å². The van der Waals surface area contributed by atoms with Crippen LogP contribution in [0.1, 0.15) is 26.7 Å². The smallest absolute Gasteiger partial charge is 0.317 e. The van der Waals surface area contributed by atoms with Crippen molar-refractivity contribution >= 4 is 17.7 Å². The Labute approximate surface area is 110 Å². The van der Waals surface area contributed by atoms with Crippen LogP contribution in [0, 0.1) is 0 Å². The van der Waals surface area contributed by atoms with Gasteiger partial charge in [-0.2, -0.15) is 0 Å². The number of rotatable bonds is 9. The van der Waals surface area contributed by atoms with Crippen LogP contribution >= 0.6 is 11.8 Å². The van der Waals surface area contributed by atoms with E-state index in [1.807, 2.05) is 13.8 Å². The Balaban J connectivity index is 2.59. The third-order valence-electron chi connectivity index (χ3n) is 2.32. The van der Waals surface area contributed by atoms with Crippen molar-refractivity contribution in [1.29, 1.82) is 0 Å². The zero-order chi connectivity index (χ0) is 13.4. The van der Waals surface area contributed by atoms with Crippen LogP contribution in [-0.4, -0.2) is 49.6 Å². The minimum Gasteiger partial charge on any atom is -0.480 e. The summed E-state index contributed by atoms with van der Waals surface area (Å²) in [4.78, 5) is 11.1. The zero-order valence-corrected chi connectivity index (χ0v) is 11.5. The molecule has 1 atom stereocenters. The Kier molecular flexibility index (Phi) is 6.66. The average molecular weight is 273 g/mol. The highest BCUT2D eigenvalue weighted by Gasteiger charge is 2.21. The van der Waals surface area contributed by atoms with E-state index in [4.69, 9.17) is 5.11 Å². The fraction of sp³-hybridized carbons (Fsp3) is 0.800. The summed E-state index contributed by atoms with van der Waals surface area (Å²) in [6.45, 7) is 6.28. The number of nitrogens with zero attached hydrogens (tertiary/aromatic N) is 4. The molecule has 102 valence electrons. The maximum atomic E-state index is 11.1. The molecule has 1 heterocycles. The number of tetrazole rings is 1. The molecule has 0 saturated carbocycles. The van der Waals surface area contributed by atoms with Gasteiger partial charge in [0.1, 0.15) is 5.25 Å². The molecule has 0 aliphatic heterocycles. The largest absolute Gasteiger partial charge is 0.480 e. The van der Waals surface area contributed by atoms with Crippen LogP contribution in [0.25, 0.3) is 0 Å². The topological polar surface area (TPSA) is 92.9 Å². The highest BCUT2D eigenvalue weighted by molar-refractivity contribution is 8.00. The van der Waals surface area contributed by atoms with Gasteiger partial charge in [-0.3, -0.25) is 4.79 Å². The summed E-state index contributed by atoms with van der Waals surface area (Å²) in [7, 11) is 0. The second-order valence-corrected chi connectivity index (χ2v) is 4.94. The third kappa shape index (κ3) is 4.61. The second-order valence-electron chi connectivity index (χ2n) is 3.77. The summed E-state index contributed by atoms with van der Waals surface area (Å²) in [5, 5.41) is 23.7. The molecular formula is C10H19N5O2S. The van der Waals surface area contributed by atoms with Crippen LogP contribution in [0.5, 0.6) is 0 Å². The molecule has 0 bridgehead atoms. The van der Waals surface area contributed by atoms with Crippen LogP contribution in [0.2, 0.25) is 0 Å². The molecule has 1 rings (SSSR count). The van der Waals surface area contributed by atoms with Crippen molar-refractivity contribution in [2.24, 2.45) is 0 Å². The number of nitrogens with one attached hydrogen (secondary N) is 1. The summed E-state index contributed by atoms with van der Waals surface area (Å²) in [6, 6.07) is 0. The summed E-state index contributed by atoms with van der Waals surface area (Å²) < 4.78 is 1.64. The minimum atomic E-state index is -0.817. The number of carboxylic acids is 1. The van der Waals surface area contributed by atoms with E-state index in [9.17, 15) is 4.79 Å². The van der Waals surface area contributed by atoms with E-state index in [0.29, 0.717) is 18.1 Å². The van der Waals surface area contributed by atoms with E-state index in [1.54, 1.807) is 4.68 Å². The number of thioether (sulfide) groups is 1. The van der Waals surface area contributed by atoms with Gasteiger partial charge >= 0.3 is 5.97 Å². The highest BCUT2D eigenvalue weighted by atomic mass is 32.2. The summed E-state index contributed by atoms with van der Waals surface area (Å²) >= 11 is 1.21. The first-order chi connectivity index (χ1) is 8.69. The standard InChI is InChI=1S/C10H19N5O2S/c1-3-5-8(9(16)17)18-10-12-13-14-15(10)7-6-11-4-2/h8,11H,3-7H2,1-2H3,(H,16,17). The maximum Gasteiger partial charge on any atom is 0.317 e. The fourth-order valence-corrected chi connectivity index (χ4v) is 2.45. The van der Waals surface area contributed by atoms with Crippen molar-refractivity contribution in [3.63, 3.8) is 0 Å². The van der Waals surface area contributed by atoms with Crippen molar-refractivity contribution in [3.05, 3.63) is 0 Å². The maximum absolute atomic E-state index is 11.1. The molecule has 18 heavy (non-hydrogen) atoms. The molecule has 0 aromatic carbocycles. The van der Waals surface area contributed by atoms with Gasteiger partial charge < -0.3 is 10.4 Å². The number of carboxylic acid groups (broad SMARTS) is 1. The molecule has 0 aliphatic rings. The van der Waals surface area contributed by atoms with Crippen LogP contribution in [0.3, 0.4) is 0 Å². The molecular weight excluding hydrogens is 254 g/mol. The predicted octanol–water partition coefficient (Wildman–Crippen LogP) is 0.628. The Morgan fingerprint density at radius 3 is 2.94 bits per heavy atom. The molecule has 0 spiro atoms. The van der Waals surface area contributed by atoms with Crippen LogP contribution in [0.4, 0.5) is 0 Å². The number of carbonyl (C=O) groups is 1. The Morgan fingerprint density at radius 1 is 1.56 bits per heavy atom. The van der Waals surface area contributed by atoms with Gasteiger partial charge in [0.05, 0.1) is 6.54 Å². The SMILES string of the molecule is CCCC(Sc1nnnn1CCNCC)C(=O)O. The van der Waals surface area contributed by atoms with E-state index < -0.39 is 11.2 Å². The fourth-order valence-electron chi connectivity index (χ4n) is 1.41. The van der Waals surface area contributed by atoms with E-state index in [0.717, 1.165) is 19.5 Å². The molecule has 7 nitrogen and oxygen atoms in total. The molecule has 1 aromatic rings. The predicted molar refractivity (Wildman–Crippen MR) is 68.5 cm³/mol. The normalized spacial score (nSPS) is 12.6. The van der Waals surface area contributed by atoms with E-state index in [-0.39, 0.29) is 0 Å². The lowest BCUT2D eigenvalue weighted by Crippen LogP contribution is -2.21. The Morgan fingerprint density at radius 2 is 2.33 bits per heavy atom. The molecule has 0 fully saturated rings. The molecule has 8 heteroatoms. The van der Waals surface area contributed by atoms with Gasteiger partial charge in [0.2, 0.25) is 5.16 Å². The van der Waals surface area contributed by atoms with Crippen molar-refractivity contribution in [1.82, 2.24) is 25.5 Å². The summed E-state index contributed by atoms with van der Waals surface area (Å²) in [5.41, 5.74) is 0. The molecule has 2 N–H and O–H groups in total. The molecule has 0 saturated heterocycles. The van der Waals surface area contributed by atoms with Crippen molar-refractivity contribution in [3.8, 4) is 0 Å². The number of hydrogen-bond donors (Lipinski definition) is 2. The quantitative estimate of drug-likeness (QED) is 0.503. The van der Waals surface area contributed by atoms with E-state index in [2.05, 4.69) is 20.8 Å². The lowest BCUT2D eigenvalue weighted by Gasteiger charge is -2.10. The molecule has 1 aromatic heterocycles. The lowest BCUT2D eigenvalue weighted by molar-refractivity contribution is -0.136. The van der Waals surface area contributed by atoms with Crippen LogP contribution < -0.4 is 5.32 Å². The van der Waals surface area contributed by atoms with Crippen molar-refractivity contribution in [2.45, 2.75) is 43.6 Å². The number of hydrogen-bond acceptors (Lipinski definition) is 6. The molecule has 0 amide bonds. The van der Waals surface area contributed by atoms with Gasteiger partial charge in [0, 0.05) is 6.54 Å². The van der Waals surface area contributed by atoms with Gasteiger partial charge in [0.15, 0.2) is 0 Å². The first kappa shape index (κ1) is 14.9. The van der Waals surface area contributed by atoms with E-state index >= 15 is 0 Å². The Hall–Kier alpha value is -1.15. The van der Waals surface area contributed by atoms with Gasteiger partial charge in [-0.1, -0.05) is 32.0 Å². The Bertz CT molecular complexity index is 371. The number of aromatic nitrogens is 4. The first-order valence-corrected chi connectivity index (χ1v) is 6.93. The third-order valence-corrected chi connectivity index (χ3v) is 3.55. The van der Waals surface area contributed by atoms with E-state index in [1.165, 1.54) is 11.8 Å². The highest BCUT2D eigenvalue weighted by Crippen LogP contribution is 2.23. The summed E-state index contributed by atoms with van der Waals surface area (Å²) in [6.07, 6.45) is 1.43. The number of likely N-dealkylation sites (N-methyl/N-ethyl adjacent to an activating group) is 1. The van der Waals surface area contributed by atoms with Gasteiger partial charge in [-0.05, 0) is 23.4 Å². The van der Waals surface area contributed by atoms with Gasteiger partial charge in [0.25, 0.3) is 0 Å². The van der Waals surface area contributed by atoms with Crippen LogP contribution in [0.15, 0.2) is 5.16 Å².